The highest BCUT2D eigenvalue weighted by atomic mass is 32.2. The minimum absolute atomic E-state index is 0.0694. The van der Waals surface area contributed by atoms with E-state index in [2.05, 4.69) is 5.16 Å². The van der Waals surface area contributed by atoms with Crippen molar-refractivity contribution in [2.45, 2.75) is 43.1 Å². The lowest BCUT2D eigenvalue weighted by molar-refractivity contribution is -0.134. The number of hydrogen-bond acceptors (Lipinski definition) is 7. The molecule has 6 nitrogen and oxygen atoms in total. The zero-order valence-corrected chi connectivity index (χ0v) is 16.3. The zero-order chi connectivity index (χ0) is 19.7. The highest BCUT2D eigenvalue weighted by Crippen LogP contribution is 2.46. The molecule has 7 heteroatoms. The number of nitrogens with zero attached hydrogens (tertiary/aromatic N) is 1. The van der Waals surface area contributed by atoms with E-state index in [1.807, 2.05) is 37.3 Å². The summed E-state index contributed by atoms with van der Waals surface area (Å²) in [6.45, 7) is 2.42. The van der Waals surface area contributed by atoms with Gasteiger partial charge in [-0.05, 0) is 30.1 Å². The largest absolute Gasteiger partial charge is 0.475 e. The van der Waals surface area contributed by atoms with Crippen LogP contribution in [0.4, 0.5) is 0 Å². The number of Topliss-reactive ketones (excluding diaryl/α,β-unsaturated/α-hetero) is 2. The second-order valence-electron chi connectivity index (χ2n) is 7.03. The molecule has 1 N–H and O–H groups in total. The van der Waals surface area contributed by atoms with Gasteiger partial charge in [-0.15, -0.1) is 0 Å². The molecule has 0 spiro atoms. The second-order valence-corrected chi connectivity index (χ2v) is 8.15. The Morgan fingerprint density at radius 1 is 1.29 bits per heavy atom. The van der Waals surface area contributed by atoms with Gasteiger partial charge in [0, 0.05) is 17.2 Å². The van der Waals surface area contributed by atoms with Crippen LogP contribution in [0, 0.1) is 5.92 Å². The number of aromatic nitrogens is 1. The Hall–Kier alpha value is -2.38. The van der Waals surface area contributed by atoms with Crippen LogP contribution in [-0.4, -0.2) is 34.0 Å². The average molecular weight is 399 g/mol. The summed E-state index contributed by atoms with van der Waals surface area (Å²) < 4.78 is 10.9. The van der Waals surface area contributed by atoms with Crippen LogP contribution >= 0.6 is 11.8 Å². The van der Waals surface area contributed by atoms with E-state index in [-0.39, 0.29) is 17.9 Å². The molecule has 1 aromatic heterocycles. The van der Waals surface area contributed by atoms with Crippen molar-refractivity contribution in [1.82, 2.24) is 5.16 Å². The van der Waals surface area contributed by atoms with Crippen molar-refractivity contribution in [2.75, 3.05) is 6.61 Å². The Morgan fingerprint density at radius 2 is 2.07 bits per heavy atom. The second kappa shape index (κ2) is 7.56. The zero-order valence-electron chi connectivity index (χ0n) is 15.5. The third kappa shape index (κ3) is 3.08. The number of carbonyl (C=O) groups excluding carboxylic acids is 2. The van der Waals surface area contributed by atoms with Gasteiger partial charge < -0.3 is 14.4 Å². The van der Waals surface area contributed by atoms with Crippen molar-refractivity contribution < 1.29 is 24.0 Å². The number of unbranched alkanes of at least 4 members (excludes halogenated alkanes) is 1. The molecular weight excluding hydrogens is 378 g/mol. The fraction of sp³-hybridized carbons (Fsp3) is 0.381. The molecule has 0 bridgehead atoms. The van der Waals surface area contributed by atoms with Crippen LogP contribution in [0.25, 0.3) is 0 Å². The monoisotopic (exact) mass is 399 g/mol. The molecule has 4 rings (SSSR count). The molecule has 1 aromatic carbocycles. The molecule has 0 radical (unpaired) electrons. The maximum absolute atomic E-state index is 13.2. The topological polar surface area (TPSA) is 89.6 Å². The summed E-state index contributed by atoms with van der Waals surface area (Å²) >= 11 is 1.26. The molecule has 0 saturated carbocycles. The van der Waals surface area contributed by atoms with Gasteiger partial charge in [-0.25, -0.2) is 0 Å². The van der Waals surface area contributed by atoms with E-state index in [1.54, 1.807) is 6.08 Å². The standard InChI is InChI=1S/C21H21NO5S/c1-2-3-11-26-20-17-15(27-22-20)12-13-9-10-16(18(23)21(13,25)19(17)24)28-14-7-5-4-6-8-14/h4-8,10,13,25H,2-3,9,11-12H2,1H3/t13-,21-/m0/s1. The van der Waals surface area contributed by atoms with Gasteiger partial charge in [-0.3, -0.25) is 9.59 Å². The Kier molecular flexibility index (Phi) is 5.12. The van der Waals surface area contributed by atoms with E-state index < -0.39 is 23.1 Å². The highest BCUT2D eigenvalue weighted by Gasteiger charge is 2.58. The first-order valence-electron chi connectivity index (χ1n) is 9.42. The van der Waals surface area contributed by atoms with Gasteiger partial charge in [-0.1, -0.05) is 49.4 Å². The summed E-state index contributed by atoms with van der Waals surface area (Å²) in [5.41, 5.74) is -2.00. The predicted octanol–water partition coefficient (Wildman–Crippen LogP) is 3.59. The maximum atomic E-state index is 13.2. The van der Waals surface area contributed by atoms with Crippen molar-refractivity contribution in [3.8, 4) is 5.88 Å². The molecule has 2 aromatic rings. The summed E-state index contributed by atoms with van der Waals surface area (Å²) in [4.78, 5) is 27.6. The SMILES string of the molecule is CCCCOc1noc2c1C(=O)[C@@]1(O)C(=O)C(Sc3ccccc3)=CC[C@H]1C2. The Morgan fingerprint density at radius 3 is 2.82 bits per heavy atom. The molecule has 2 aliphatic rings. The molecule has 0 unspecified atom stereocenters. The number of benzene rings is 1. The molecule has 28 heavy (non-hydrogen) atoms. The smallest absolute Gasteiger partial charge is 0.265 e. The average Bonchev–Trinajstić information content (AvgIpc) is 3.11. The van der Waals surface area contributed by atoms with Gasteiger partial charge in [-0.2, -0.15) is 0 Å². The number of aliphatic hydroxyl groups is 1. The lowest BCUT2D eigenvalue weighted by atomic mass is 9.68. The molecule has 0 amide bonds. The van der Waals surface area contributed by atoms with Gasteiger partial charge in [0.2, 0.25) is 11.6 Å². The number of ether oxygens (including phenoxy) is 1. The lowest BCUT2D eigenvalue weighted by Gasteiger charge is -2.38. The summed E-state index contributed by atoms with van der Waals surface area (Å²) in [6.07, 6.45) is 4.22. The molecule has 0 saturated heterocycles. The fourth-order valence-electron chi connectivity index (χ4n) is 3.61. The minimum atomic E-state index is -2.10. The van der Waals surface area contributed by atoms with E-state index in [1.165, 1.54) is 11.8 Å². The first-order chi connectivity index (χ1) is 13.6. The van der Waals surface area contributed by atoms with Gasteiger partial charge in [0.25, 0.3) is 5.88 Å². The normalized spacial score (nSPS) is 23.8. The third-order valence-electron chi connectivity index (χ3n) is 5.19. The van der Waals surface area contributed by atoms with Crippen LogP contribution in [0.15, 0.2) is 50.7 Å². The number of ketones is 2. The lowest BCUT2D eigenvalue weighted by Crippen LogP contribution is -2.57. The number of rotatable bonds is 6. The van der Waals surface area contributed by atoms with Crippen LogP contribution in [0.3, 0.4) is 0 Å². The fourth-order valence-corrected chi connectivity index (χ4v) is 4.58. The van der Waals surface area contributed by atoms with Gasteiger partial charge >= 0.3 is 0 Å². The van der Waals surface area contributed by atoms with Crippen LogP contribution in [0.1, 0.15) is 42.3 Å². The Bertz CT molecular complexity index is 936. The van der Waals surface area contributed by atoms with Crippen LogP contribution in [0.2, 0.25) is 0 Å². The highest BCUT2D eigenvalue weighted by molar-refractivity contribution is 8.04. The van der Waals surface area contributed by atoms with Crippen LogP contribution in [-0.2, 0) is 11.2 Å². The first-order valence-corrected chi connectivity index (χ1v) is 10.2. The van der Waals surface area contributed by atoms with Gasteiger partial charge in [0.15, 0.2) is 11.4 Å². The minimum Gasteiger partial charge on any atom is -0.475 e. The molecule has 2 aliphatic carbocycles. The Labute approximate surface area is 166 Å². The number of allylic oxidation sites excluding steroid dienone is 1. The number of thioether (sulfide) groups is 1. The molecular formula is C21H21NO5S. The summed E-state index contributed by atoms with van der Waals surface area (Å²) in [5.74, 6) is -1.34. The number of carbonyl (C=O) groups is 2. The molecule has 2 atom stereocenters. The molecule has 1 heterocycles. The van der Waals surface area contributed by atoms with Crippen molar-refractivity contribution in [1.29, 1.82) is 0 Å². The summed E-state index contributed by atoms with van der Waals surface area (Å²) in [5, 5.41) is 15.1. The molecule has 146 valence electrons. The third-order valence-corrected chi connectivity index (χ3v) is 6.27. The quantitative estimate of drug-likeness (QED) is 0.586. The summed E-state index contributed by atoms with van der Waals surface area (Å²) in [7, 11) is 0. The number of fused-ring (bicyclic) bond motifs is 2. The molecule has 0 aliphatic heterocycles. The van der Waals surface area contributed by atoms with E-state index >= 15 is 0 Å². The van der Waals surface area contributed by atoms with Crippen molar-refractivity contribution in [2.24, 2.45) is 5.92 Å². The van der Waals surface area contributed by atoms with E-state index in [4.69, 9.17) is 9.26 Å². The van der Waals surface area contributed by atoms with Gasteiger partial charge in [0.05, 0.1) is 11.5 Å². The van der Waals surface area contributed by atoms with E-state index in [9.17, 15) is 14.7 Å². The van der Waals surface area contributed by atoms with Crippen LogP contribution in [0.5, 0.6) is 5.88 Å². The van der Waals surface area contributed by atoms with Crippen molar-refractivity contribution >= 4 is 23.3 Å². The molecule has 0 fully saturated rings. The van der Waals surface area contributed by atoms with Crippen molar-refractivity contribution in [3.63, 3.8) is 0 Å². The Balaban J connectivity index is 1.63. The van der Waals surface area contributed by atoms with Crippen molar-refractivity contribution in [3.05, 3.63) is 52.6 Å². The maximum Gasteiger partial charge on any atom is 0.265 e. The number of hydrogen-bond donors (Lipinski definition) is 1. The van der Waals surface area contributed by atoms with E-state index in [0.717, 1.165) is 17.7 Å². The van der Waals surface area contributed by atoms with Gasteiger partial charge in [0.1, 0.15) is 5.56 Å². The summed E-state index contributed by atoms with van der Waals surface area (Å²) in [6, 6.07) is 9.42. The first kappa shape index (κ1) is 19.0. The van der Waals surface area contributed by atoms with Crippen LogP contribution < -0.4 is 4.74 Å². The predicted molar refractivity (Wildman–Crippen MR) is 103 cm³/mol. The van der Waals surface area contributed by atoms with E-state index in [0.29, 0.717) is 23.7 Å².